The topological polar surface area (TPSA) is 80.9 Å². The number of ether oxygens (including phenoxy) is 3. The number of nitrogens with zero attached hydrogens (tertiary/aromatic N) is 1. The van der Waals surface area contributed by atoms with Crippen molar-refractivity contribution in [3.63, 3.8) is 0 Å². The van der Waals surface area contributed by atoms with Crippen molar-refractivity contribution in [3.05, 3.63) is 82.4 Å². The molecule has 0 bridgehead atoms. The first-order chi connectivity index (χ1) is 16.3. The molecule has 180 valence electrons. The zero-order chi connectivity index (χ0) is 24.7. The Morgan fingerprint density at radius 1 is 0.971 bits per heavy atom. The Hall–Kier alpha value is -3.81. The number of esters is 1. The Morgan fingerprint density at radius 3 is 2.24 bits per heavy atom. The lowest BCUT2D eigenvalue weighted by molar-refractivity contribution is -0.134. The molecule has 34 heavy (non-hydrogen) atoms. The Labute approximate surface area is 198 Å². The van der Waals surface area contributed by atoms with E-state index in [1.165, 1.54) is 24.3 Å². The number of carbonyl (C=O) groups is 2. The number of H-pyrrole nitrogens is 1. The third-order valence-corrected chi connectivity index (χ3v) is 5.43. The van der Waals surface area contributed by atoms with Crippen LogP contribution in [0.2, 0.25) is 0 Å². The number of nitrogens with one attached hydrogen (secondary N) is 1. The predicted molar refractivity (Wildman–Crippen MR) is 125 cm³/mol. The quantitative estimate of drug-likeness (QED) is 0.441. The summed E-state index contributed by atoms with van der Waals surface area (Å²) in [6.07, 6.45) is 0. The predicted octanol–water partition coefficient (Wildman–Crippen LogP) is 4.56. The molecule has 1 heterocycles. The Bertz CT molecular complexity index is 1120. The SMILES string of the molecule is CCOC(=O)c1c(C)[nH]c(CN(Cc2ccc(OC)cc2)C(=O)COc2ccc(F)cc2)c1C. The van der Waals surface area contributed by atoms with Crippen molar-refractivity contribution in [3.8, 4) is 11.5 Å². The van der Waals surface area contributed by atoms with Gasteiger partial charge in [-0.3, -0.25) is 4.79 Å². The number of aromatic amines is 1. The third-order valence-electron chi connectivity index (χ3n) is 5.43. The highest BCUT2D eigenvalue weighted by atomic mass is 19.1. The summed E-state index contributed by atoms with van der Waals surface area (Å²) < 4.78 is 29.1. The summed E-state index contributed by atoms with van der Waals surface area (Å²) in [6.45, 7) is 6.01. The Morgan fingerprint density at radius 2 is 1.62 bits per heavy atom. The second-order valence-corrected chi connectivity index (χ2v) is 7.79. The maximum absolute atomic E-state index is 13.2. The number of hydrogen-bond acceptors (Lipinski definition) is 5. The minimum Gasteiger partial charge on any atom is -0.497 e. The van der Waals surface area contributed by atoms with E-state index >= 15 is 0 Å². The maximum atomic E-state index is 13.2. The fraction of sp³-hybridized carbons (Fsp3) is 0.308. The lowest BCUT2D eigenvalue weighted by Gasteiger charge is -2.23. The second-order valence-electron chi connectivity index (χ2n) is 7.79. The number of methoxy groups -OCH3 is 1. The number of hydrogen-bond donors (Lipinski definition) is 1. The first kappa shape index (κ1) is 24.8. The average molecular weight is 469 g/mol. The largest absolute Gasteiger partial charge is 0.497 e. The van der Waals surface area contributed by atoms with Gasteiger partial charge in [-0.25, -0.2) is 9.18 Å². The van der Waals surface area contributed by atoms with E-state index in [4.69, 9.17) is 14.2 Å². The monoisotopic (exact) mass is 468 g/mol. The molecule has 3 aromatic rings. The summed E-state index contributed by atoms with van der Waals surface area (Å²) in [5.41, 5.74) is 3.55. The van der Waals surface area contributed by atoms with Gasteiger partial charge in [0.15, 0.2) is 6.61 Å². The number of aromatic nitrogens is 1. The normalized spacial score (nSPS) is 10.6. The molecule has 3 rings (SSSR count). The van der Waals surface area contributed by atoms with Crippen LogP contribution in [-0.2, 0) is 22.6 Å². The van der Waals surface area contributed by atoms with Crippen molar-refractivity contribution in [2.45, 2.75) is 33.9 Å². The summed E-state index contributed by atoms with van der Waals surface area (Å²) in [5, 5.41) is 0. The number of amides is 1. The third kappa shape index (κ3) is 6.15. The van der Waals surface area contributed by atoms with Crippen LogP contribution in [0.5, 0.6) is 11.5 Å². The molecule has 0 unspecified atom stereocenters. The van der Waals surface area contributed by atoms with Crippen LogP contribution >= 0.6 is 0 Å². The number of benzene rings is 2. The molecule has 0 aliphatic rings. The second kappa shape index (κ2) is 11.4. The molecule has 0 aliphatic carbocycles. The van der Waals surface area contributed by atoms with Crippen LogP contribution in [0.4, 0.5) is 4.39 Å². The van der Waals surface area contributed by atoms with E-state index in [0.717, 1.165) is 22.6 Å². The first-order valence-electron chi connectivity index (χ1n) is 11.0. The van der Waals surface area contributed by atoms with E-state index in [9.17, 15) is 14.0 Å². The van der Waals surface area contributed by atoms with E-state index in [2.05, 4.69) is 4.98 Å². The standard InChI is InChI=1S/C26H29FN2O5/c1-5-33-26(31)25-17(2)23(28-18(25)3)15-29(14-19-6-10-21(32-4)11-7-19)24(30)16-34-22-12-8-20(27)9-13-22/h6-13,28H,5,14-16H2,1-4H3. The summed E-state index contributed by atoms with van der Waals surface area (Å²) in [6, 6.07) is 12.9. The highest BCUT2D eigenvalue weighted by Crippen LogP contribution is 2.22. The van der Waals surface area contributed by atoms with Gasteiger partial charge in [0, 0.05) is 17.9 Å². The number of rotatable bonds is 10. The molecule has 0 saturated carbocycles. The molecule has 0 saturated heterocycles. The lowest BCUT2D eigenvalue weighted by Crippen LogP contribution is -2.34. The smallest absolute Gasteiger partial charge is 0.340 e. The first-order valence-corrected chi connectivity index (χ1v) is 11.0. The van der Waals surface area contributed by atoms with Gasteiger partial charge >= 0.3 is 5.97 Å². The molecule has 0 spiro atoms. The minimum atomic E-state index is -0.396. The lowest BCUT2D eigenvalue weighted by atomic mass is 10.1. The average Bonchev–Trinajstić information content (AvgIpc) is 3.11. The fourth-order valence-corrected chi connectivity index (χ4v) is 3.62. The minimum absolute atomic E-state index is 0.217. The van der Waals surface area contributed by atoms with Crippen molar-refractivity contribution >= 4 is 11.9 Å². The summed E-state index contributed by atoms with van der Waals surface area (Å²) in [4.78, 5) is 30.4. The Kier molecular flexibility index (Phi) is 8.29. The van der Waals surface area contributed by atoms with Gasteiger partial charge < -0.3 is 24.1 Å². The van der Waals surface area contributed by atoms with E-state index in [1.807, 2.05) is 31.2 Å². The van der Waals surface area contributed by atoms with Gasteiger partial charge in [0.1, 0.15) is 17.3 Å². The van der Waals surface area contributed by atoms with Crippen molar-refractivity contribution < 1.29 is 28.2 Å². The molecule has 1 amide bonds. The molecular weight excluding hydrogens is 439 g/mol. The molecule has 2 aromatic carbocycles. The van der Waals surface area contributed by atoms with Crippen LogP contribution in [0, 0.1) is 19.7 Å². The van der Waals surface area contributed by atoms with Crippen LogP contribution in [0.15, 0.2) is 48.5 Å². The fourth-order valence-electron chi connectivity index (χ4n) is 3.62. The van der Waals surface area contributed by atoms with Crippen LogP contribution in [-0.4, -0.2) is 42.1 Å². The number of halogens is 1. The zero-order valence-electron chi connectivity index (χ0n) is 19.8. The van der Waals surface area contributed by atoms with E-state index < -0.39 is 5.97 Å². The van der Waals surface area contributed by atoms with Crippen molar-refractivity contribution in [2.24, 2.45) is 0 Å². The summed E-state index contributed by atoms with van der Waals surface area (Å²) in [5.74, 6) is 0.0822. The molecule has 0 atom stereocenters. The van der Waals surface area contributed by atoms with E-state index in [1.54, 1.807) is 25.9 Å². The van der Waals surface area contributed by atoms with Gasteiger partial charge in [0.05, 0.1) is 25.8 Å². The van der Waals surface area contributed by atoms with E-state index in [0.29, 0.717) is 23.6 Å². The summed E-state index contributed by atoms with van der Waals surface area (Å²) in [7, 11) is 1.59. The van der Waals surface area contributed by atoms with Gasteiger partial charge in [-0.15, -0.1) is 0 Å². The molecule has 7 nitrogen and oxygen atoms in total. The molecule has 0 radical (unpaired) electrons. The van der Waals surface area contributed by atoms with Gasteiger partial charge in [0.25, 0.3) is 5.91 Å². The summed E-state index contributed by atoms with van der Waals surface area (Å²) >= 11 is 0. The maximum Gasteiger partial charge on any atom is 0.340 e. The highest BCUT2D eigenvalue weighted by molar-refractivity contribution is 5.92. The molecule has 8 heteroatoms. The van der Waals surface area contributed by atoms with Crippen molar-refractivity contribution in [1.82, 2.24) is 9.88 Å². The van der Waals surface area contributed by atoms with Crippen LogP contribution in [0.3, 0.4) is 0 Å². The molecule has 1 aromatic heterocycles. The van der Waals surface area contributed by atoms with Crippen molar-refractivity contribution in [1.29, 1.82) is 0 Å². The van der Waals surface area contributed by atoms with Crippen LogP contribution in [0.25, 0.3) is 0 Å². The van der Waals surface area contributed by atoms with Gasteiger partial charge in [-0.1, -0.05) is 12.1 Å². The number of aryl methyl sites for hydroxylation is 1. The Balaban J connectivity index is 1.82. The molecule has 1 N–H and O–H groups in total. The molecule has 0 fully saturated rings. The number of carbonyl (C=O) groups excluding carboxylic acids is 2. The van der Waals surface area contributed by atoms with Crippen LogP contribution in [0.1, 0.15) is 39.8 Å². The van der Waals surface area contributed by atoms with Gasteiger partial charge in [-0.05, 0) is 68.3 Å². The van der Waals surface area contributed by atoms with Crippen molar-refractivity contribution in [2.75, 3.05) is 20.3 Å². The van der Waals surface area contributed by atoms with Gasteiger partial charge in [0.2, 0.25) is 0 Å². The van der Waals surface area contributed by atoms with Crippen LogP contribution < -0.4 is 9.47 Å². The highest BCUT2D eigenvalue weighted by Gasteiger charge is 2.23. The van der Waals surface area contributed by atoms with E-state index in [-0.39, 0.29) is 31.5 Å². The molecule has 0 aliphatic heterocycles. The van der Waals surface area contributed by atoms with Gasteiger partial charge in [-0.2, -0.15) is 0 Å². The molecular formula is C26H29FN2O5. The zero-order valence-corrected chi connectivity index (χ0v) is 19.8.